The first-order valence-corrected chi connectivity index (χ1v) is 8.84. The molecule has 10 heteroatoms. The van der Waals surface area contributed by atoms with Gasteiger partial charge in [-0.2, -0.15) is 0 Å². The van der Waals surface area contributed by atoms with Gasteiger partial charge >= 0.3 is 6.03 Å². The number of morpholine rings is 1. The molecule has 0 aromatic carbocycles. The van der Waals surface area contributed by atoms with Crippen LogP contribution in [0.3, 0.4) is 0 Å². The van der Waals surface area contributed by atoms with Gasteiger partial charge in [-0.05, 0) is 12.8 Å². The fourth-order valence-corrected chi connectivity index (χ4v) is 3.53. The highest BCUT2D eigenvalue weighted by Crippen LogP contribution is 2.29. The van der Waals surface area contributed by atoms with E-state index in [4.69, 9.17) is 10.5 Å². The van der Waals surface area contributed by atoms with Gasteiger partial charge in [0.05, 0.1) is 18.5 Å². The lowest BCUT2D eigenvalue weighted by atomic mass is 10.1. The van der Waals surface area contributed by atoms with Gasteiger partial charge in [0, 0.05) is 19.6 Å². The Morgan fingerprint density at radius 1 is 1.33 bits per heavy atom. The number of imide groups is 1. The number of thioether (sulfide) groups is 1. The van der Waals surface area contributed by atoms with Crippen LogP contribution in [0, 0.1) is 5.92 Å². The van der Waals surface area contributed by atoms with E-state index in [0.29, 0.717) is 24.9 Å². The lowest BCUT2D eigenvalue weighted by Crippen LogP contribution is -2.42. The average molecular weight is 356 g/mol. The van der Waals surface area contributed by atoms with Crippen molar-refractivity contribution >= 4 is 29.6 Å². The molecule has 1 saturated heterocycles. The largest absolute Gasteiger partial charge is 0.378 e. The zero-order valence-corrected chi connectivity index (χ0v) is 15.0. The summed E-state index contributed by atoms with van der Waals surface area (Å²) in [7, 11) is 0. The monoisotopic (exact) mass is 356 g/mol. The molecule has 1 fully saturated rings. The normalized spacial score (nSPS) is 16.2. The third kappa shape index (κ3) is 4.38. The molecule has 0 spiro atoms. The van der Waals surface area contributed by atoms with Crippen molar-refractivity contribution in [3.63, 3.8) is 0 Å². The van der Waals surface area contributed by atoms with Gasteiger partial charge in [0.25, 0.3) is 0 Å². The van der Waals surface area contributed by atoms with Crippen LogP contribution in [0.1, 0.15) is 20.8 Å². The predicted molar refractivity (Wildman–Crippen MR) is 90.9 cm³/mol. The Morgan fingerprint density at radius 2 is 2.00 bits per heavy atom. The van der Waals surface area contributed by atoms with Gasteiger partial charge in [-0.1, -0.05) is 25.6 Å². The molecule has 0 radical (unpaired) electrons. The van der Waals surface area contributed by atoms with E-state index in [0.717, 1.165) is 19.0 Å². The lowest BCUT2D eigenvalue weighted by molar-refractivity contribution is -0.120. The van der Waals surface area contributed by atoms with Gasteiger partial charge in [-0.3, -0.25) is 14.7 Å². The molecule has 1 aliphatic rings. The summed E-state index contributed by atoms with van der Waals surface area (Å²) in [5, 5.41) is 10.8. The van der Waals surface area contributed by atoms with Gasteiger partial charge in [0.2, 0.25) is 11.9 Å². The second-order valence-corrected chi connectivity index (χ2v) is 6.87. The van der Waals surface area contributed by atoms with E-state index in [2.05, 4.69) is 20.4 Å². The topological polar surface area (TPSA) is 115 Å². The van der Waals surface area contributed by atoms with Crippen LogP contribution in [0.4, 0.5) is 10.7 Å². The molecule has 1 aliphatic heterocycles. The molecule has 1 aromatic heterocycles. The lowest BCUT2D eigenvalue weighted by Gasteiger charge is -2.27. The van der Waals surface area contributed by atoms with E-state index in [9.17, 15) is 9.59 Å². The van der Waals surface area contributed by atoms with Crippen LogP contribution in [0.2, 0.25) is 0 Å². The van der Waals surface area contributed by atoms with E-state index >= 15 is 0 Å². The smallest absolute Gasteiger partial charge is 0.318 e. The summed E-state index contributed by atoms with van der Waals surface area (Å²) < 4.78 is 7.34. The summed E-state index contributed by atoms with van der Waals surface area (Å²) in [6.07, 6.45) is 0. The molecule has 2 heterocycles. The summed E-state index contributed by atoms with van der Waals surface area (Å²) >= 11 is 1.29. The number of carbonyl (C=O) groups excluding carboxylic acids is 2. The number of urea groups is 1. The molecule has 0 saturated carbocycles. The van der Waals surface area contributed by atoms with Crippen molar-refractivity contribution in [2.24, 2.45) is 11.7 Å². The van der Waals surface area contributed by atoms with Crippen LogP contribution in [-0.4, -0.2) is 58.3 Å². The number of hydrogen-bond donors (Lipinski definition) is 2. The molecule has 0 unspecified atom stereocenters. The van der Waals surface area contributed by atoms with E-state index in [1.54, 1.807) is 0 Å². The number of nitrogens with zero attached hydrogens (tertiary/aromatic N) is 4. The van der Waals surface area contributed by atoms with Gasteiger partial charge in [0.15, 0.2) is 5.16 Å². The molecule has 1 aromatic rings. The second-order valence-electron chi connectivity index (χ2n) is 5.76. The number of primary amides is 1. The van der Waals surface area contributed by atoms with Crippen LogP contribution in [0.25, 0.3) is 0 Å². The molecule has 9 nitrogen and oxygen atoms in total. The minimum Gasteiger partial charge on any atom is -0.378 e. The number of nitrogens with two attached hydrogens (primary N) is 1. The minimum atomic E-state index is -0.850. The first kappa shape index (κ1) is 18.5. The summed E-state index contributed by atoms with van der Waals surface area (Å²) in [6, 6.07) is -0.850. The molecule has 3 N–H and O–H groups in total. The third-order valence-corrected chi connectivity index (χ3v) is 5.18. The number of amides is 3. The molecule has 2 rings (SSSR count). The number of ether oxygens (including phenoxy) is 1. The highest BCUT2D eigenvalue weighted by molar-refractivity contribution is 8.00. The number of rotatable bonds is 6. The number of nitrogens with one attached hydrogen (secondary N) is 1. The van der Waals surface area contributed by atoms with E-state index in [-0.39, 0.29) is 5.92 Å². The van der Waals surface area contributed by atoms with E-state index in [1.807, 2.05) is 25.3 Å². The van der Waals surface area contributed by atoms with Crippen molar-refractivity contribution in [1.29, 1.82) is 0 Å². The Bertz CT molecular complexity index is 585. The van der Waals surface area contributed by atoms with Crippen LogP contribution < -0.4 is 16.0 Å². The molecule has 0 bridgehead atoms. The maximum atomic E-state index is 12.2. The summed E-state index contributed by atoms with van der Waals surface area (Å²) in [6.45, 7) is 9.36. The summed E-state index contributed by atoms with van der Waals surface area (Å²) in [5.41, 5.74) is 5.05. The Hall–Kier alpha value is -1.81. The Morgan fingerprint density at radius 3 is 2.54 bits per heavy atom. The van der Waals surface area contributed by atoms with Crippen LogP contribution in [0.5, 0.6) is 0 Å². The molecular weight excluding hydrogens is 332 g/mol. The average Bonchev–Trinajstić information content (AvgIpc) is 2.95. The van der Waals surface area contributed by atoms with Gasteiger partial charge in [0.1, 0.15) is 0 Å². The molecule has 0 aliphatic carbocycles. The molecule has 24 heavy (non-hydrogen) atoms. The van der Waals surface area contributed by atoms with Crippen LogP contribution in [0.15, 0.2) is 5.16 Å². The Balaban J connectivity index is 2.19. The third-order valence-electron chi connectivity index (χ3n) is 3.65. The fraction of sp³-hybridized carbons (Fsp3) is 0.714. The Labute approximate surface area is 145 Å². The number of aromatic nitrogens is 3. The second kappa shape index (κ2) is 8.34. The van der Waals surface area contributed by atoms with Crippen molar-refractivity contribution in [3.8, 4) is 0 Å². The summed E-state index contributed by atoms with van der Waals surface area (Å²) in [4.78, 5) is 25.3. The van der Waals surface area contributed by atoms with Crippen molar-refractivity contribution in [1.82, 2.24) is 20.1 Å². The molecule has 3 amide bonds. The Kier molecular flexibility index (Phi) is 6.44. The maximum absolute atomic E-state index is 12.2. The number of carbonyl (C=O) groups is 2. The van der Waals surface area contributed by atoms with Gasteiger partial charge in [-0.25, -0.2) is 4.79 Å². The predicted octanol–water partition coefficient (Wildman–Crippen LogP) is 0.446. The van der Waals surface area contributed by atoms with Gasteiger partial charge in [-0.15, -0.1) is 10.2 Å². The SMILES string of the molecule is CCn1c(S[C@H](C(=O)NC(N)=O)C(C)C)nnc1N1CCOCC1. The molecular formula is C14H24N6O3S. The highest BCUT2D eigenvalue weighted by Gasteiger charge is 2.28. The van der Waals surface area contributed by atoms with Crippen LogP contribution >= 0.6 is 11.8 Å². The molecule has 134 valence electrons. The van der Waals surface area contributed by atoms with Crippen molar-refractivity contribution in [3.05, 3.63) is 0 Å². The quantitative estimate of drug-likeness (QED) is 0.711. The zero-order valence-electron chi connectivity index (χ0n) is 14.2. The van der Waals surface area contributed by atoms with Crippen molar-refractivity contribution in [2.75, 3.05) is 31.2 Å². The first-order valence-electron chi connectivity index (χ1n) is 7.96. The first-order chi connectivity index (χ1) is 11.4. The standard InChI is InChI=1S/C14H24N6O3S/c1-4-20-13(19-5-7-23-8-6-19)17-18-14(20)24-10(9(2)3)11(21)16-12(15)22/h9-10H,4-8H2,1-3H3,(H3,15,16,21,22)/t10-/m0/s1. The molecule has 1 atom stereocenters. The van der Waals surface area contributed by atoms with Crippen molar-refractivity contribution < 1.29 is 14.3 Å². The van der Waals surface area contributed by atoms with Crippen LogP contribution in [-0.2, 0) is 16.1 Å². The summed E-state index contributed by atoms with van der Waals surface area (Å²) in [5.74, 6) is 0.366. The van der Waals surface area contributed by atoms with Gasteiger partial charge < -0.3 is 15.4 Å². The zero-order chi connectivity index (χ0) is 17.7. The van der Waals surface area contributed by atoms with E-state index in [1.165, 1.54) is 11.8 Å². The number of anilines is 1. The van der Waals surface area contributed by atoms with Crippen molar-refractivity contribution in [2.45, 2.75) is 37.7 Å². The van der Waals surface area contributed by atoms with E-state index < -0.39 is 17.2 Å². The maximum Gasteiger partial charge on any atom is 0.318 e. The number of hydrogen-bond acceptors (Lipinski definition) is 7. The minimum absolute atomic E-state index is 0.00296. The highest BCUT2D eigenvalue weighted by atomic mass is 32.2. The fourth-order valence-electron chi connectivity index (χ4n) is 2.44.